The molecule has 0 bridgehead atoms. The molecule has 0 amide bonds. The van der Waals surface area contributed by atoms with Crippen LogP contribution >= 0.6 is 0 Å². The molecule has 1 saturated carbocycles. The molecule has 2 aromatic heterocycles. The molecule has 26 heavy (non-hydrogen) atoms. The summed E-state index contributed by atoms with van der Waals surface area (Å²) >= 11 is 0. The molecule has 0 spiro atoms. The van der Waals surface area contributed by atoms with Crippen molar-refractivity contribution in [3.8, 4) is 11.5 Å². The summed E-state index contributed by atoms with van der Waals surface area (Å²) < 4.78 is 11.5. The van der Waals surface area contributed by atoms with Crippen molar-refractivity contribution < 1.29 is 9.47 Å². The minimum Gasteiger partial charge on any atom is -0.486 e. The molecule has 1 aromatic carbocycles. The van der Waals surface area contributed by atoms with Crippen molar-refractivity contribution in [1.29, 1.82) is 0 Å². The van der Waals surface area contributed by atoms with Gasteiger partial charge in [-0.2, -0.15) is 0 Å². The fourth-order valence-electron chi connectivity index (χ4n) is 4.15. The Balaban J connectivity index is 1.52. The van der Waals surface area contributed by atoms with Gasteiger partial charge in [-0.25, -0.2) is 9.97 Å². The summed E-state index contributed by atoms with van der Waals surface area (Å²) in [5.41, 5.74) is 2.08. The quantitative estimate of drug-likeness (QED) is 0.742. The summed E-state index contributed by atoms with van der Waals surface area (Å²) in [4.78, 5) is 12.0. The molecule has 5 rings (SSSR count). The van der Waals surface area contributed by atoms with Crippen molar-refractivity contribution in [1.82, 2.24) is 15.0 Å². The Hall–Kier alpha value is -2.76. The molecular weight excluding hydrogens is 328 g/mol. The highest BCUT2D eigenvalue weighted by molar-refractivity contribution is 5.86. The van der Waals surface area contributed by atoms with E-state index in [0.29, 0.717) is 19.1 Å². The predicted octanol–water partition coefficient (Wildman–Crippen LogP) is 4.07. The first-order valence-corrected chi connectivity index (χ1v) is 9.33. The number of anilines is 1. The number of benzene rings is 1. The van der Waals surface area contributed by atoms with Crippen LogP contribution in [0, 0.1) is 5.92 Å². The van der Waals surface area contributed by atoms with Crippen LogP contribution < -0.4 is 14.8 Å². The number of hydrogen-bond donors (Lipinski definition) is 2. The van der Waals surface area contributed by atoms with Crippen LogP contribution in [0.25, 0.3) is 11.0 Å². The third-order valence-electron chi connectivity index (χ3n) is 5.44. The highest BCUT2D eigenvalue weighted by Gasteiger charge is 2.28. The van der Waals surface area contributed by atoms with Crippen LogP contribution in [-0.2, 0) is 0 Å². The van der Waals surface area contributed by atoms with Crippen LogP contribution in [-0.4, -0.2) is 28.2 Å². The minimum absolute atomic E-state index is 0.196. The van der Waals surface area contributed by atoms with Gasteiger partial charge in [0.25, 0.3) is 0 Å². The Kier molecular flexibility index (Phi) is 3.88. The number of aromatic nitrogens is 3. The van der Waals surface area contributed by atoms with Crippen molar-refractivity contribution in [2.75, 3.05) is 18.5 Å². The van der Waals surface area contributed by atoms with E-state index in [1.807, 2.05) is 18.3 Å². The number of rotatable bonds is 4. The lowest BCUT2D eigenvalue weighted by Gasteiger charge is -2.27. The van der Waals surface area contributed by atoms with Gasteiger partial charge in [0.15, 0.2) is 11.5 Å². The van der Waals surface area contributed by atoms with E-state index in [0.717, 1.165) is 28.4 Å². The average molecular weight is 350 g/mol. The van der Waals surface area contributed by atoms with E-state index in [-0.39, 0.29) is 6.04 Å². The van der Waals surface area contributed by atoms with Gasteiger partial charge in [0.2, 0.25) is 0 Å². The summed E-state index contributed by atoms with van der Waals surface area (Å²) in [6.07, 6.45) is 8.55. The molecular formula is C20H22N4O2. The summed E-state index contributed by atoms with van der Waals surface area (Å²) in [6.45, 7) is 1.22. The lowest BCUT2D eigenvalue weighted by atomic mass is 9.91. The molecule has 0 saturated heterocycles. The molecule has 1 aliphatic carbocycles. The van der Waals surface area contributed by atoms with Crippen molar-refractivity contribution >= 4 is 16.9 Å². The molecule has 2 aliphatic rings. The van der Waals surface area contributed by atoms with E-state index in [1.165, 1.54) is 31.2 Å². The molecule has 2 N–H and O–H groups in total. The standard InChI is InChI=1S/C20H22N4O2/c1-2-4-13(3-1)18(14-5-6-16-17(11-14)26-10-9-25-16)24-20-15-7-8-21-19(15)22-12-23-20/h5-8,11-13,18H,1-4,9-10H2,(H2,21,22,23,24)/t18-/m1/s1. The van der Waals surface area contributed by atoms with Crippen molar-refractivity contribution in [2.45, 2.75) is 31.7 Å². The normalized spacial score (nSPS) is 18.2. The van der Waals surface area contributed by atoms with Crippen LogP contribution in [0.3, 0.4) is 0 Å². The highest BCUT2D eigenvalue weighted by Crippen LogP contribution is 2.41. The van der Waals surface area contributed by atoms with E-state index in [4.69, 9.17) is 9.47 Å². The Morgan fingerprint density at radius 1 is 1.04 bits per heavy atom. The summed E-state index contributed by atoms with van der Waals surface area (Å²) in [6, 6.07) is 8.52. The average Bonchev–Trinajstić information content (AvgIpc) is 3.37. The lowest BCUT2D eigenvalue weighted by molar-refractivity contribution is 0.171. The third-order valence-corrected chi connectivity index (χ3v) is 5.44. The molecule has 134 valence electrons. The number of nitrogens with one attached hydrogen (secondary N) is 2. The molecule has 6 nitrogen and oxygen atoms in total. The monoisotopic (exact) mass is 350 g/mol. The largest absolute Gasteiger partial charge is 0.486 e. The molecule has 1 atom stereocenters. The number of aromatic amines is 1. The molecule has 0 unspecified atom stereocenters. The van der Waals surface area contributed by atoms with Gasteiger partial charge in [0.05, 0.1) is 11.4 Å². The predicted molar refractivity (Wildman–Crippen MR) is 99.6 cm³/mol. The van der Waals surface area contributed by atoms with Crippen LogP contribution in [0.1, 0.15) is 37.3 Å². The fourth-order valence-corrected chi connectivity index (χ4v) is 4.15. The maximum absolute atomic E-state index is 5.80. The Morgan fingerprint density at radius 3 is 2.77 bits per heavy atom. The fraction of sp³-hybridized carbons (Fsp3) is 0.400. The first-order valence-electron chi connectivity index (χ1n) is 9.33. The first kappa shape index (κ1) is 15.5. The Bertz CT molecular complexity index is 917. The van der Waals surface area contributed by atoms with E-state index in [2.05, 4.69) is 32.4 Å². The van der Waals surface area contributed by atoms with Gasteiger partial charge in [-0.3, -0.25) is 0 Å². The topological polar surface area (TPSA) is 72.1 Å². The number of nitrogens with zero attached hydrogens (tertiary/aromatic N) is 2. The molecule has 1 aliphatic heterocycles. The van der Waals surface area contributed by atoms with Gasteiger partial charge in [0.1, 0.15) is 31.0 Å². The number of hydrogen-bond acceptors (Lipinski definition) is 5. The van der Waals surface area contributed by atoms with Gasteiger partial charge >= 0.3 is 0 Å². The van der Waals surface area contributed by atoms with Gasteiger partial charge in [-0.15, -0.1) is 0 Å². The van der Waals surface area contributed by atoms with Crippen molar-refractivity contribution in [3.05, 3.63) is 42.4 Å². The van der Waals surface area contributed by atoms with Crippen LogP contribution in [0.15, 0.2) is 36.8 Å². The number of H-pyrrole nitrogens is 1. The number of ether oxygens (including phenoxy) is 2. The van der Waals surface area contributed by atoms with E-state index >= 15 is 0 Å². The van der Waals surface area contributed by atoms with E-state index in [1.54, 1.807) is 6.33 Å². The van der Waals surface area contributed by atoms with Gasteiger partial charge in [0, 0.05) is 6.20 Å². The first-order chi connectivity index (χ1) is 12.9. The Labute approximate surface area is 152 Å². The number of fused-ring (bicyclic) bond motifs is 2. The molecule has 1 fully saturated rings. The highest BCUT2D eigenvalue weighted by atomic mass is 16.6. The van der Waals surface area contributed by atoms with Crippen LogP contribution in [0.2, 0.25) is 0 Å². The minimum atomic E-state index is 0.196. The van der Waals surface area contributed by atoms with Crippen molar-refractivity contribution in [2.24, 2.45) is 5.92 Å². The zero-order chi connectivity index (χ0) is 17.3. The lowest BCUT2D eigenvalue weighted by Crippen LogP contribution is -2.21. The SMILES string of the molecule is c1nc(N[C@@H](c2ccc3c(c2)OCCO3)C2CCCC2)c2cc[nH]c2n1. The molecule has 6 heteroatoms. The zero-order valence-electron chi connectivity index (χ0n) is 14.6. The second-order valence-corrected chi connectivity index (χ2v) is 7.03. The maximum atomic E-state index is 5.80. The van der Waals surface area contributed by atoms with Crippen LogP contribution in [0.5, 0.6) is 11.5 Å². The molecule has 3 heterocycles. The van der Waals surface area contributed by atoms with Crippen LogP contribution in [0.4, 0.5) is 5.82 Å². The van der Waals surface area contributed by atoms with Gasteiger partial charge in [-0.1, -0.05) is 18.9 Å². The maximum Gasteiger partial charge on any atom is 0.161 e. The molecule has 3 aromatic rings. The van der Waals surface area contributed by atoms with E-state index < -0.39 is 0 Å². The smallest absolute Gasteiger partial charge is 0.161 e. The zero-order valence-corrected chi connectivity index (χ0v) is 14.6. The van der Waals surface area contributed by atoms with Gasteiger partial charge < -0.3 is 19.8 Å². The summed E-state index contributed by atoms with van der Waals surface area (Å²) in [5, 5.41) is 4.73. The third kappa shape index (κ3) is 2.75. The van der Waals surface area contributed by atoms with Crippen molar-refractivity contribution in [3.63, 3.8) is 0 Å². The summed E-state index contributed by atoms with van der Waals surface area (Å²) in [5.74, 6) is 3.14. The van der Waals surface area contributed by atoms with Gasteiger partial charge in [-0.05, 0) is 42.5 Å². The second-order valence-electron chi connectivity index (χ2n) is 7.03. The van der Waals surface area contributed by atoms with E-state index in [9.17, 15) is 0 Å². The summed E-state index contributed by atoms with van der Waals surface area (Å²) in [7, 11) is 0. The Morgan fingerprint density at radius 2 is 1.88 bits per heavy atom. The second kappa shape index (κ2) is 6.52. The molecule has 0 radical (unpaired) electrons.